The molecule has 0 fully saturated rings. The van der Waals surface area contributed by atoms with Crippen molar-refractivity contribution in [3.8, 4) is 17.2 Å². The molecule has 0 saturated carbocycles. The fourth-order valence-corrected chi connectivity index (χ4v) is 5.45. The molecule has 3 aromatic carbocycles. The van der Waals surface area contributed by atoms with E-state index in [9.17, 15) is 9.59 Å². The number of amidine groups is 1. The normalized spacial score (nSPS) is 18.4. The molecular formula is C29H28N4O5S. The first-order chi connectivity index (χ1) is 19.0. The zero-order chi connectivity index (χ0) is 27.4. The second-order valence-corrected chi connectivity index (χ2v) is 10.1. The molecule has 0 aromatic heterocycles. The Balaban J connectivity index is 1.33. The van der Waals surface area contributed by atoms with E-state index >= 15 is 0 Å². The summed E-state index contributed by atoms with van der Waals surface area (Å²) in [7, 11) is 4.84. The summed E-state index contributed by atoms with van der Waals surface area (Å²) in [5.74, 6) is 1.60. The van der Waals surface area contributed by atoms with Crippen molar-refractivity contribution in [3.63, 3.8) is 0 Å². The Morgan fingerprint density at radius 3 is 2.05 bits per heavy atom. The van der Waals surface area contributed by atoms with Crippen LogP contribution in [-0.2, 0) is 9.59 Å². The van der Waals surface area contributed by atoms with Gasteiger partial charge in [-0.2, -0.15) is 10.1 Å². The lowest BCUT2D eigenvalue weighted by Gasteiger charge is -2.23. The van der Waals surface area contributed by atoms with Gasteiger partial charge in [0.25, 0.3) is 5.91 Å². The lowest BCUT2D eigenvalue weighted by atomic mass is 9.98. The maximum atomic E-state index is 12.9. The van der Waals surface area contributed by atoms with Gasteiger partial charge in [-0.1, -0.05) is 23.9 Å². The first-order valence-electron chi connectivity index (χ1n) is 12.4. The van der Waals surface area contributed by atoms with Crippen LogP contribution in [0.4, 0.5) is 5.69 Å². The molecule has 2 atom stereocenters. The topological polar surface area (TPSA) is 102 Å². The van der Waals surface area contributed by atoms with Gasteiger partial charge in [0.2, 0.25) is 5.91 Å². The lowest BCUT2D eigenvalue weighted by molar-refractivity contribution is -0.121. The number of anilines is 1. The SMILES string of the molecule is COc1ccc(NC(=O)C[C@H]2SC(N3N=C(c4ccc(OC)cc4)C[C@@H]3c3ccc(OC)cc3)=NC2=O)cc1. The number of ether oxygens (including phenoxy) is 3. The number of hydrogen-bond acceptors (Lipinski definition) is 8. The highest BCUT2D eigenvalue weighted by atomic mass is 32.2. The fraction of sp³-hybridized carbons (Fsp3) is 0.241. The monoisotopic (exact) mass is 544 g/mol. The Morgan fingerprint density at radius 2 is 1.46 bits per heavy atom. The highest BCUT2D eigenvalue weighted by Crippen LogP contribution is 2.39. The molecule has 0 unspecified atom stereocenters. The van der Waals surface area contributed by atoms with E-state index < -0.39 is 5.25 Å². The van der Waals surface area contributed by atoms with Crippen LogP contribution >= 0.6 is 11.8 Å². The number of nitrogens with zero attached hydrogens (tertiary/aromatic N) is 3. The summed E-state index contributed by atoms with van der Waals surface area (Å²) in [5, 5.41) is 9.37. The van der Waals surface area contributed by atoms with Crippen LogP contribution in [0.3, 0.4) is 0 Å². The number of amides is 2. The van der Waals surface area contributed by atoms with Crippen molar-refractivity contribution in [1.29, 1.82) is 0 Å². The Bertz CT molecular complexity index is 1410. The molecule has 1 N–H and O–H groups in total. The fourth-order valence-electron chi connectivity index (χ4n) is 4.39. The summed E-state index contributed by atoms with van der Waals surface area (Å²) in [5.41, 5.74) is 3.47. The minimum atomic E-state index is -0.630. The van der Waals surface area contributed by atoms with Gasteiger partial charge < -0.3 is 19.5 Å². The molecule has 200 valence electrons. The predicted molar refractivity (Wildman–Crippen MR) is 152 cm³/mol. The molecule has 0 saturated heterocycles. The first kappa shape index (κ1) is 26.3. The quantitative estimate of drug-likeness (QED) is 0.431. The van der Waals surface area contributed by atoms with Crippen molar-refractivity contribution in [3.05, 3.63) is 83.9 Å². The van der Waals surface area contributed by atoms with Crippen molar-refractivity contribution in [2.24, 2.45) is 10.1 Å². The summed E-state index contributed by atoms with van der Waals surface area (Å²) >= 11 is 1.26. The van der Waals surface area contributed by atoms with Gasteiger partial charge in [0, 0.05) is 18.5 Å². The van der Waals surface area contributed by atoms with E-state index in [1.165, 1.54) is 11.8 Å². The van der Waals surface area contributed by atoms with Crippen molar-refractivity contribution >= 4 is 40.1 Å². The van der Waals surface area contributed by atoms with Gasteiger partial charge in [0.1, 0.15) is 22.5 Å². The van der Waals surface area contributed by atoms with Crippen LogP contribution in [-0.4, -0.2) is 54.3 Å². The van der Waals surface area contributed by atoms with Crippen molar-refractivity contribution < 1.29 is 23.8 Å². The van der Waals surface area contributed by atoms with Gasteiger partial charge in [0.15, 0.2) is 5.17 Å². The van der Waals surface area contributed by atoms with Crippen LogP contribution < -0.4 is 19.5 Å². The highest BCUT2D eigenvalue weighted by molar-refractivity contribution is 8.15. The average Bonchev–Trinajstić information content (AvgIpc) is 3.57. The number of carbonyl (C=O) groups is 2. The number of hydrazone groups is 1. The third-order valence-electron chi connectivity index (χ3n) is 6.50. The molecule has 0 spiro atoms. The molecule has 2 heterocycles. The highest BCUT2D eigenvalue weighted by Gasteiger charge is 2.39. The van der Waals surface area contributed by atoms with Crippen LogP contribution in [0, 0.1) is 0 Å². The van der Waals surface area contributed by atoms with Gasteiger partial charge in [-0.25, -0.2) is 5.01 Å². The van der Waals surface area contributed by atoms with Crippen molar-refractivity contribution in [2.75, 3.05) is 26.6 Å². The molecule has 0 radical (unpaired) electrons. The third-order valence-corrected chi connectivity index (χ3v) is 7.65. The molecular weight excluding hydrogens is 516 g/mol. The van der Waals surface area contributed by atoms with Crippen LogP contribution in [0.5, 0.6) is 17.2 Å². The number of methoxy groups -OCH3 is 3. The molecule has 2 aliphatic rings. The van der Waals surface area contributed by atoms with Crippen LogP contribution in [0.25, 0.3) is 0 Å². The maximum Gasteiger partial charge on any atom is 0.262 e. The zero-order valence-corrected chi connectivity index (χ0v) is 22.6. The van der Waals surface area contributed by atoms with Crippen LogP contribution in [0.1, 0.15) is 30.0 Å². The van der Waals surface area contributed by atoms with E-state index in [2.05, 4.69) is 10.3 Å². The Labute approximate surface area is 230 Å². The van der Waals surface area contributed by atoms with E-state index in [4.69, 9.17) is 19.3 Å². The first-order valence-corrected chi connectivity index (χ1v) is 13.2. The summed E-state index contributed by atoms with van der Waals surface area (Å²) < 4.78 is 15.8. The minimum Gasteiger partial charge on any atom is -0.497 e. The summed E-state index contributed by atoms with van der Waals surface area (Å²) in [6.45, 7) is 0. The van der Waals surface area contributed by atoms with Crippen molar-refractivity contribution in [2.45, 2.75) is 24.1 Å². The van der Waals surface area contributed by atoms with Gasteiger partial charge in [0.05, 0.1) is 33.1 Å². The Hall–Kier alpha value is -4.31. The number of nitrogens with one attached hydrogen (secondary N) is 1. The lowest BCUT2D eigenvalue weighted by Crippen LogP contribution is -2.25. The molecule has 2 amide bonds. The summed E-state index contributed by atoms with van der Waals surface area (Å²) in [6.07, 6.45) is 0.619. The number of aliphatic imine (C=N–C) groups is 1. The second-order valence-electron chi connectivity index (χ2n) is 8.93. The average molecular weight is 545 g/mol. The number of thioether (sulfide) groups is 1. The minimum absolute atomic E-state index is 0.00137. The van der Waals surface area contributed by atoms with Crippen LogP contribution in [0.15, 0.2) is 82.9 Å². The molecule has 10 heteroatoms. The molecule has 0 bridgehead atoms. The molecule has 0 aliphatic carbocycles. The van der Waals surface area contributed by atoms with E-state index in [0.29, 0.717) is 23.0 Å². The molecule has 3 aromatic rings. The molecule has 9 nitrogen and oxygen atoms in total. The van der Waals surface area contributed by atoms with Crippen molar-refractivity contribution in [1.82, 2.24) is 5.01 Å². The van der Waals surface area contributed by atoms with E-state index in [-0.39, 0.29) is 24.3 Å². The van der Waals surface area contributed by atoms with Gasteiger partial charge in [-0.3, -0.25) is 9.59 Å². The number of carbonyl (C=O) groups excluding carboxylic acids is 2. The predicted octanol–water partition coefficient (Wildman–Crippen LogP) is 4.89. The smallest absolute Gasteiger partial charge is 0.262 e. The van der Waals surface area contributed by atoms with Gasteiger partial charge >= 0.3 is 0 Å². The molecule has 39 heavy (non-hydrogen) atoms. The second kappa shape index (κ2) is 11.6. The van der Waals surface area contributed by atoms with E-state index in [1.54, 1.807) is 50.6 Å². The van der Waals surface area contributed by atoms with Gasteiger partial charge in [-0.05, 0) is 71.8 Å². The summed E-state index contributed by atoms with van der Waals surface area (Å²) in [6, 6.07) is 22.4. The Kier molecular flexibility index (Phi) is 7.83. The van der Waals surface area contributed by atoms with E-state index in [1.807, 2.05) is 48.5 Å². The van der Waals surface area contributed by atoms with Gasteiger partial charge in [-0.15, -0.1) is 0 Å². The number of hydrogen-bond donors (Lipinski definition) is 1. The molecule has 5 rings (SSSR count). The van der Waals surface area contributed by atoms with Crippen LogP contribution in [0.2, 0.25) is 0 Å². The largest absolute Gasteiger partial charge is 0.497 e. The third kappa shape index (κ3) is 5.91. The number of benzene rings is 3. The number of rotatable bonds is 8. The molecule has 2 aliphatic heterocycles. The Morgan fingerprint density at radius 1 is 0.897 bits per heavy atom. The zero-order valence-electron chi connectivity index (χ0n) is 21.8. The standard InChI is InChI=1S/C29H28N4O5S/c1-36-21-10-4-18(5-11-21)24-16-25(19-6-12-22(37-2)13-7-19)33(32-24)29-31-28(35)26(39-29)17-27(34)30-20-8-14-23(38-3)15-9-20/h4-15,25-26H,16-17H2,1-3H3,(H,30,34)/t25-,26-/m1/s1. The van der Waals surface area contributed by atoms with E-state index in [0.717, 1.165) is 28.3 Å². The summed E-state index contributed by atoms with van der Waals surface area (Å²) in [4.78, 5) is 29.9. The maximum absolute atomic E-state index is 12.9.